The van der Waals surface area contributed by atoms with Gasteiger partial charge >= 0.3 is 5.97 Å². The SMILES string of the molecule is CCOC(=O)C1=C(Nc2ccc(C)nc2C)O/C(=C\c2c[nH]c3ncccc23)C1=O. The lowest BCUT2D eigenvalue weighted by Gasteiger charge is -2.11. The fraction of sp³-hybridized carbons (Fsp3) is 0.182. The maximum absolute atomic E-state index is 13.0. The first-order chi connectivity index (χ1) is 14.5. The van der Waals surface area contributed by atoms with E-state index < -0.39 is 11.8 Å². The summed E-state index contributed by atoms with van der Waals surface area (Å²) in [7, 11) is 0. The number of Topliss-reactive ketones (excluding diaryl/α,β-unsaturated/α-hetero) is 1. The highest BCUT2D eigenvalue weighted by atomic mass is 16.5. The number of carbonyl (C=O) groups is 2. The van der Waals surface area contributed by atoms with Crippen LogP contribution >= 0.6 is 0 Å². The van der Waals surface area contributed by atoms with Crippen LogP contribution in [0.15, 0.2) is 53.9 Å². The van der Waals surface area contributed by atoms with Gasteiger partial charge in [-0.15, -0.1) is 0 Å². The highest BCUT2D eigenvalue weighted by molar-refractivity contribution is 6.26. The van der Waals surface area contributed by atoms with Crippen LogP contribution in [0.25, 0.3) is 17.1 Å². The molecule has 0 aromatic carbocycles. The summed E-state index contributed by atoms with van der Waals surface area (Å²) in [6, 6.07) is 7.32. The molecule has 4 rings (SSSR count). The van der Waals surface area contributed by atoms with Crippen LogP contribution in [0.5, 0.6) is 0 Å². The second-order valence-corrected chi connectivity index (χ2v) is 6.72. The van der Waals surface area contributed by atoms with Crippen LogP contribution in [0, 0.1) is 13.8 Å². The topological polar surface area (TPSA) is 106 Å². The van der Waals surface area contributed by atoms with Crippen molar-refractivity contribution in [3.63, 3.8) is 0 Å². The Morgan fingerprint density at radius 2 is 2.13 bits per heavy atom. The molecule has 0 unspecified atom stereocenters. The van der Waals surface area contributed by atoms with E-state index in [1.54, 1.807) is 31.5 Å². The number of ether oxygens (including phenoxy) is 2. The van der Waals surface area contributed by atoms with Gasteiger partial charge in [0.25, 0.3) is 0 Å². The highest BCUT2D eigenvalue weighted by Gasteiger charge is 2.37. The molecule has 0 amide bonds. The predicted molar refractivity (Wildman–Crippen MR) is 111 cm³/mol. The molecular weight excluding hydrogens is 384 g/mol. The van der Waals surface area contributed by atoms with Gasteiger partial charge in [-0.25, -0.2) is 9.78 Å². The standard InChI is InChI=1S/C22H20N4O4/c1-4-29-22(28)18-19(27)17(10-14-11-24-20-15(14)6-5-9-23-20)30-21(18)26-16-8-7-12(2)25-13(16)3/h5-11,26H,4H2,1-3H3,(H,23,24)/b17-10-. The lowest BCUT2D eigenvalue weighted by atomic mass is 10.1. The molecule has 152 valence electrons. The molecule has 0 atom stereocenters. The van der Waals surface area contributed by atoms with Crippen molar-refractivity contribution in [3.8, 4) is 0 Å². The first-order valence-electron chi connectivity index (χ1n) is 9.47. The number of carbonyl (C=O) groups excluding carboxylic acids is 2. The van der Waals surface area contributed by atoms with Gasteiger partial charge in [0.2, 0.25) is 11.7 Å². The van der Waals surface area contributed by atoms with Gasteiger partial charge in [-0.2, -0.15) is 0 Å². The van der Waals surface area contributed by atoms with Crippen molar-refractivity contribution in [2.24, 2.45) is 0 Å². The van der Waals surface area contributed by atoms with Crippen molar-refractivity contribution in [1.82, 2.24) is 15.0 Å². The van der Waals surface area contributed by atoms with E-state index in [1.807, 2.05) is 32.0 Å². The van der Waals surface area contributed by atoms with Gasteiger partial charge in [0.05, 0.1) is 18.0 Å². The summed E-state index contributed by atoms with van der Waals surface area (Å²) < 4.78 is 10.9. The lowest BCUT2D eigenvalue weighted by Crippen LogP contribution is -2.16. The van der Waals surface area contributed by atoms with Crippen LogP contribution in [0.2, 0.25) is 0 Å². The van der Waals surface area contributed by atoms with Crippen molar-refractivity contribution in [1.29, 1.82) is 0 Å². The number of rotatable bonds is 5. The third-order valence-electron chi connectivity index (χ3n) is 4.61. The van der Waals surface area contributed by atoms with E-state index >= 15 is 0 Å². The van der Waals surface area contributed by atoms with Crippen LogP contribution in [0.1, 0.15) is 23.9 Å². The van der Waals surface area contributed by atoms with Crippen LogP contribution in [-0.4, -0.2) is 33.3 Å². The van der Waals surface area contributed by atoms with Gasteiger partial charge in [-0.05, 0) is 51.1 Å². The van der Waals surface area contributed by atoms with Gasteiger partial charge in [0.15, 0.2) is 11.3 Å². The van der Waals surface area contributed by atoms with Gasteiger partial charge in [-0.1, -0.05) is 0 Å². The Kier molecular flexibility index (Phi) is 5.05. The third kappa shape index (κ3) is 3.55. The first-order valence-corrected chi connectivity index (χ1v) is 9.47. The number of esters is 1. The summed E-state index contributed by atoms with van der Waals surface area (Å²) in [6.07, 6.45) is 4.98. The minimum absolute atomic E-state index is 0.0167. The predicted octanol–water partition coefficient (Wildman–Crippen LogP) is 3.40. The molecule has 30 heavy (non-hydrogen) atoms. The first kappa shape index (κ1) is 19.4. The summed E-state index contributed by atoms with van der Waals surface area (Å²) in [6.45, 7) is 5.52. The van der Waals surface area contributed by atoms with Gasteiger partial charge < -0.3 is 19.8 Å². The summed E-state index contributed by atoms with van der Waals surface area (Å²) >= 11 is 0. The molecule has 0 spiro atoms. The molecule has 4 heterocycles. The number of fused-ring (bicyclic) bond motifs is 1. The molecule has 0 bridgehead atoms. The third-order valence-corrected chi connectivity index (χ3v) is 4.61. The molecule has 0 fully saturated rings. The van der Waals surface area contributed by atoms with E-state index in [9.17, 15) is 9.59 Å². The minimum atomic E-state index is -0.744. The van der Waals surface area contributed by atoms with Crippen LogP contribution in [-0.2, 0) is 19.1 Å². The number of anilines is 1. The maximum atomic E-state index is 13.0. The van der Waals surface area contributed by atoms with Crippen LogP contribution in [0.4, 0.5) is 5.69 Å². The van der Waals surface area contributed by atoms with Crippen molar-refractivity contribution in [3.05, 3.63) is 70.8 Å². The number of nitrogens with zero attached hydrogens (tertiary/aromatic N) is 2. The molecule has 1 aliphatic rings. The highest BCUT2D eigenvalue weighted by Crippen LogP contribution is 2.30. The van der Waals surface area contributed by atoms with Gasteiger partial charge in [0, 0.05) is 29.0 Å². The quantitative estimate of drug-likeness (QED) is 0.381. The minimum Gasteiger partial charge on any atom is -0.462 e. The number of nitrogens with one attached hydrogen (secondary N) is 2. The summed E-state index contributed by atoms with van der Waals surface area (Å²) in [5.41, 5.74) is 3.42. The number of ketones is 1. The fourth-order valence-electron chi connectivity index (χ4n) is 3.18. The molecule has 8 heteroatoms. The molecular formula is C22H20N4O4. The van der Waals surface area contributed by atoms with E-state index in [0.717, 1.165) is 16.6 Å². The zero-order valence-corrected chi connectivity index (χ0v) is 16.8. The summed E-state index contributed by atoms with van der Waals surface area (Å²) in [5.74, 6) is -1.25. The molecule has 0 radical (unpaired) electrons. The maximum Gasteiger partial charge on any atom is 0.347 e. The van der Waals surface area contributed by atoms with Crippen LogP contribution in [0.3, 0.4) is 0 Å². The second-order valence-electron chi connectivity index (χ2n) is 6.72. The van der Waals surface area contributed by atoms with Crippen molar-refractivity contribution >= 4 is 34.5 Å². The molecule has 2 N–H and O–H groups in total. The van der Waals surface area contributed by atoms with Gasteiger partial charge in [0.1, 0.15) is 5.65 Å². The number of H-pyrrole nitrogens is 1. The smallest absolute Gasteiger partial charge is 0.347 e. The fourth-order valence-corrected chi connectivity index (χ4v) is 3.18. The Labute approximate surface area is 172 Å². The van der Waals surface area contributed by atoms with Gasteiger partial charge in [-0.3, -0.25) is 9.78 Å². The molecule has 8 nitrogen and oxygen atoms in total. The monoisotopic (exact) mass is 404 g/mol. The molecule has 1 aliphatic heterocycles. The number of allylic oxidation sites excluding steroid dienone is 1. The van der Waals surface area contributed by atoms with E-state index in [2.05, 4.69) is 20.3 Å². The molecule has 0 saturated heterocycles. The van der Waals surface area contributed by atoms with E-state index in [0.29, 0.717) is 17.0 Å². The molecule has 0 aliphatic carbocycles. The summed E-state index contributed by atoms with van der Waals surface area (Å²) in [5, 5.41) is 3.85. The number of hydrogen-bond donors (Lipinski definition) is 2. The van der Waals surface area contributed by atoms with Crippen molar-refractivity contribution in [2.45, 2.75) is 20.8 Å². The van der Waals surface area contributed by atoms with E-state index in [4.69, 9.17) is 9.47 Å². The van der Waals surface area contributed by atoms with Crippen LogP contribution < -0.4 is 5.32 Å². The summed E-state index contributed by atoms with van der Waals surface area (Å²) in [4.78, 5) is 37.1. The molecule has 0 saturated carbocycles. The average molecular weight is 404 g/mol. The zero-order chi connectivity index (χ0) is 21.3. The average Bonchev–Trinajstić information content (AvgIpc) is 3.26. The Morgan fingerprint density at radius 3 is 2.90 bits per heavy atom. The largest absolute Gasteiger partial charge is 0.462 e. The van der Waals surface area contributed by atoms with E-state index in [1.165, 1.54) is 0 Å². The number of aromatic nitrogens is 3. The Balaban J connectivity index is 1.72. The Hall–Kier alpha value is -3.94. The zero-order valence-electron chi connectivity index (χ0n) is 16.8. The number of aromatic amines is 1. The normalized spacial score (nSPS) is 15.0. The second kappa shape index (κ2) is 7.82. The van der Waals surface area contributed by atoms with E-state index in [-0.39, 0.29) is 23.8 Å². The van der Waals surface area contributed by atoms with Crippen molar-refractivity contribution in [2.75, 3.05) is 11.9 Å². The number of aryl methyl sites for hydroxylation is 2. The molecule has 3 aromatic rings. The lowest BCUT2D eigenvalue weighted by molar-refractivity contribution is -0.139. The Morgan fingerprint density at radius 1 is 1.30 bits per heavy atom. The molecule has 3 aromatic heterocycles. The van der Waals surface area contributed by atoms with Crippen molar-refractivity contribution < 1.29 is 19.1 Å². The number of pyridine rings is 2. The Bertz CT molecular complexity index is 1220. The number of hydrogen-bond acceptors (Lipinski definition) is 7.